The Hall–Kier alpha value is 0.170. The Morgan fingerprint density at radius 3 is 2.74 bits per heavy atom. The van der Waals surface area contributed by atoms with Gasteiger partial charge < -0.3 is 15.0 Å². The van der Waals surface area contributed by atoms with Gasteiger partial charge in [0.1, 0.15) is 0 Å². The van der Waals surface area contributed by atoms with Gasteiger partial charge in [-0.3, -0.25) is 0 Å². The summed E-state index contributed by atoms with van der Waals surface area (Å²) in [5.41, 5.74) is 0.610. The number of nitrogens with one attached hydrogen (secondary N) is 1. The zero-order valence-electron chi connectivity index (χ0n) is 12.0. The van der Waals surface area contributed by atoms with Crippen LogP contribution in [0.5, 0.6) is 0 Å². The second-order valence-electron chi connectivity index (χ2n) is 6.66. The van der Waals surface area contributed by atoms with E-state index in [-0.39, 0.29) is 12.4 Å². The first kappa shape index (κ1) is 15.6. The van der Waals surface area contributed by atoms with Crippen molar-refractivity contribution in [2.75, 3.05) is 45.9 Å². The molecule has 1 spiro atoms. The fraction of sp³-hybridized carbons (Fsp3) is 1.00. The lowest BCUT2D eigenvalue weighted by atomic mass is 9.73. The van der Waals surface area contributed by atoms with Gasteiger partial charge in [0, 0.05) is 26.3 Å². The molecule has 3 aliphatic rings. The van der Waals surface area contributed by atoms with Crippen LogP contribution in [0.1, 0.15) is 38.5 Å². The molecule has 3 rings (SSSR count). The predicted octanol–water partition coefficient (Wildman–Crippen LogP) is 2.30. The van der Waals surface area contributed by atoms with Gasteiger partial charge in [-0.2, -0.15) is 0 Å². The number of halogens is 1. The largest absolute Gasteiger partial charge is 0.381 e. The highest BCUT2D eigenvalue weighted by molar-refractivity contribution is 5.85. The maximum Gasteiger partial charge on any atom is 0.0471 e. The lowest BCUT2D eigenvalue weighted by molar-refractivity contribution is -0.0307. The molecule has 0 bridgehead atoms. The first-order chi connectivity index (χ1) is 8.86. The van der Waals surface area contributed by atoms with E-state index in [2.05, 4.69) is 10.2 Å². The number of hydrogen-bond acceptors (Lipinski definition) is 3. The summed E-state index contributed by atoms with van der Waals surface area (Å²) in [6.45, 7) is 8.48. The molecule has 3 saturated heterocycles. The van der Waals surface area contributed by atoms with Crippen LogP contribution in [0.2, 0.25) is 0 Å². The fourth-order valence-electron chi connectivity index (χ4n) is 4.12. The molecule has 3 fully saturated rings. The van der Waals surface area contributed by atoms with Gasteiger partial charge in [-0.1, -0.05) is 0 Å². The molecule has 0 aromatic carbocycles. The van der Waals surface area contributed by atoms with Crippen LogP contribution in [0, 0.1) is 11.3 Å². The molecule has 4 heteroatoms. The van der Waals surface area contributed by atoms with Crippen LogP contribution in [0.25, 0.3) is 0 Å². The summed E-state index contributed by atoms with van der Waals surface area (Å²) in [4.78, 5) is 2.76. The van der Waals surface area contributed by atoms with Gasteiger partial charge >= 0.3 is 0 Å². The van der Waals surface area contributed by atoms with E-state index < -0.39 is 0 Å². The summed E-state index contributed by atoms with van der Waals surface area (Å²) in [6, 6.07) is 0. The number of ether oxygens (including phenoxy) is 1. The van der Waals surface area contributed by atoms with Gasteiger partial charge in [0.25, 0.3) is 0 Å². The predicted molar refractivity (Wildman–Crippen MR) is 81.0 cm³/mol. The van der Waals surface area contributed by atoms with E-state index in [9.17, 15) is 0 Å². The zero-order valence-corrected chi connectivity index (χ0v) is 12.8. The standard InChI is InChI=1S/C15H28N2O.ClH/c1-3-14(11-16-7-1)12-17-8-2-4-15(13-17)5-9-18-10-6-15;/h14,16H,1-13H2;1H. The normalized spacial score (nSPS) is 31.9. The van der Waals surface area contributed by atoms with Crippen molar-refractivity contribution in [3.05, 3.63) is 0 Å². The second kappa shape index (κ2) is 7.26. The van der Waals surface area contributed by atoms with E-state index in [1.54, 1.807) is 0 Å². The van der Waals surface area contributed by atoms with Gasteiger partial charge in [0.05, 0.1) is 0 Å². The molecule has 3 aliphatic heterocycles. The smallest absolute Gasteiger partial charge is 0.0471 e. The van der Waals surface area contributed by atoms with Gasteiger partial charge in [0.15, 0.2) is 0 Å². The molecule has 3 heterocycles. The second-order valence-corrected chi connectivity index (χ2v) is 6.66. The number of hydrogen-bond donors (Lipinski definition) is 1. The highest BCUT2D eigenvalue weighted by Gasteiger charge is 2.37. The maximum absolute atomic E-state index is 5.55. The zero-order chi connectivity index (χ0) is 12.3. The number of rotatable bonds is 2. The molecule has 3 nitrogen and oxygen atoms in total. The number of nitrogens with zero attached hydrogens (tertiary/aromatic N) is 1. The minimum absolute atomic E-state index is 0. The molecular formula is C15H29ClN2O. The Morgan fingerprint density at radius 1 is 1.16 bits per heavy atom. The molecule has 0 radical (unpaired) electrons. The highest BCUT2D eigenvalue weighted by Crippen LogP contribution is 2.39. The van der Waals surface area contributed by atoms with Crippen molar-refractivity contribution in [1.82, 2.24) is 10.2 Å². The summed E-state index contributed by atoms with van der Waals surface area (Å²) < 4.78 is 5.55. The summed E-state index contributed by atoms with van der Waals surface area (Å²) in [5, 5.41) is 3.55. The lowest BCUT2D eigenvalue weighted by Gasteiger charge is -2.46. The van der Waals surface area contributed by atoms with E-state index in [4.69, 9.17) is 4.74 Å². The Balaban J connectivity index is 0.00000133. The molecule has 19 heavy (non-hydrogen) atoms. The Morgan fingerprint density at radius 2 is 2.00 bits per heavy atom. The summed E-state index contributed by atoms with van der Waals surface area (Å²) in [7, 11) is 0. The van der Waals surface area contributed by atoms with Crippen LogP contribution in [0.4, 0.5) is 0 Å². The number of piperidine rings is 2. The highest BCUT2D eigenvalue weighted by atomic mass is 35.5. The maximum atomic E-state index is 5.55. The van der Waals surface area contributed by atoms with E-state index >= 15 is 0 Å². The Bertz CT molecular complexity index is 257. The molecule has 0 aliphatic carbocycles. The van der Waals surface area contributed by atoms with Crippen LogP contribution in [-0.4, -0.2) is 50.8 Å². The summed E-state index contributed by atoms with van der Waals surface area (Å²) in [6.07, 6.45) is 8.24. The van der Waals surface area contributed by atoms with Crippen LogP contribution < -0.4 is 5.32 Å². The van der Waals surface area contributed by atoms with Crippen LogP contribution >= 0.6 is 12.4 Å². The molecule has 0 aromatic heterocycles. The first-order valence-electron chi connectivity index (χ1n) is 7.87. The number of likely N-dealkylation sites (tertiary alicyclic amines) is 1. The van der Waals surface area contributed by atoms with E-state index in [1.807, 2.05) is 0 Å². The molecule has 1 N–H and O–H groups in total. The average Bonchev–Trinajstić information content (AvgIpc) is 2.41. The first-order valence-corrected chi connectivity index (χ1v) is 7.87. The minimum Gasteiger partial charge on any atom is -0.381 e. The molecule has 112 valence electrons. The van der Waals surface area contributed by atoms with Crippen LogP contribution in [-0.2, 0) is 4.74 Å². The van der Waals surface area contributed by atoms with E-state index in [1.165, 1.54) is 71.2 Å². The quantitative estimate of drug-likeness (QED) is 0.844. The Labute approximate surface area is 123 Å². The SMILES string of the molecule is C1CNCC(CN2CCCC3(CCOCC3)C2)C1.Cl. The van der Waals surface area contributed by atoms with Gasteiger partial charge in [-0.25, -0.2) is 0 Å². The topological polar surface area (TPSA) is 24.5 Å². The molecule has 0 amide bonds. The van der Waals surface area contributed by atoms with Crippen LogP contribution in [0.15, 0.2) is 0 Å². The van der Waals surface area contributed by atoms with Crippen LogP contribution in [0.3, 0.4) is 0 Å². The van der Waals surface area contributed by atoms with Crippen molar-refractivity contribution >= 4 is 12.4 Å². The summed E-state index contributed by atoms with van der Waals surface area (Å²) in [5.74, 6) is 0.897. The van der Waals surface area contributed by atoms with E-state index in [0.29, 0.717) is 5.41 Å². The van der Waals surface area contributed by atoms with Crippen molar-refractivity contribution < 1.29 is 4.74 Å². The van der Waals surface area contributed by atoms with Gasteiger partial charge in [-0.15, -0.1) is 12.4 Å². The average molecular weight is 289 g/mol. The fourth-order valence-corrected chi connectivity index (χ4v) is 4.12. The molecule has 1 unspecified atom stereocenters. The molecular weight excluding hydrogens is 260 g/mol. The monoisotopic (exact) mass is 288 g/mol. The third-order valence-corrected chi connectivity index (χ3v) is 5.21. The minimum atomic E-state index is 0. The third-order valence-electron chi connectivity index (χ3n) is 5.21. The van der Waals surface area contributed by atoms with Crippen molar-refractivity contribution in [1.29, 1.82) is 0 Å². The van der Waals surface area contributed by atoms with Crippen molar-refractivity contribution in [2.45, 2.75) is 38.5 Å². The van der Waals surface area contributed by atoms with Crippen molar-refractivity contribution in [3.8, 4) is 0 Å². The lowest BCUT2D eigenvalue weighted by Crippen LogP contribution is -2.48. The van der Waals surface area contributed by atoms with Crippen molar-refractivity contribution in [3.63, 3.8) is 0 Å². The summed E-state index contributed by atoms with van der Waals surface area (Å²) >= 11 is 0. The van der Waals surface area contributed by atoms with Crippen molar-refractivity contribution in [2.24, 2.45) is 11.3 Å². The van der Waals surface area contributed by atoms with Gasteiger partial charge in [-0.05, 0) is 69.5 Å². The molecule has 0 saturated carbocycles. The molecule has 0 aromatic rings. The third kappa shape index (κ3) is 4.07. The van der Waals surface area contributed by atoms with E-state index in [0.717, 1.165) is 19.1 Å². The Kier molecular flexibility index (Phi) is 5.94. The van der Waals surface area contributed by atoms with Gasteiger partial charge in [0.2, 0.25) is 0 Å². The molecule has 1 atom stereocenters.